The van der Waals surface area contributed by atoms with Crippen LogP contribution >= 0.6 is 0 Å². The third-order valence-corrected chi connectivity index (χ3v) is 7.01. The molecule has 3 aliphatic rings. The van der Waals surface area contributed by atoms with Gasteiger partial charge in [-0.2, -0.15) is 0 Å². The Morgan fingerprint density at radius 3 is 2.91 bits per heavy atom. The Balaban J connectivity index is 1.69. The van der Waals surface area contributed by atoms with Gasteiger partial charge >= 0.3 is 0 Å². The second-order valence-electron chi connectivity index (χ2n) is 7.93. The summed E-state index contributed by atoms with van der Waals surface area (Å²) in [5.41, 5.74) is 5.19. The fourth-order valence-electron chi connectivity index (χ4n) is 6.00. The summed E-state index contributed by atoms with van der Waals surface area (Å²) in [5, 5.41) is 9.76. The van der Waals surface area contributed by atoms with Gasteiger partial charge in [0.1, 0.15) is 5.75 Å². The maximum atomic E-state index is 9.76. The van der Waals surface area contributed by atoms with Gasteiger partial charge in [-0.05, 0) is 91.4 Å². The van der Waals surface area contributed by atoms with Crippen molar-refractivity contribution in [3.63, 3.8) is 0 Å². The Bertz CT molecular complexity index is 614. The molecule has 3 unspecified atom stereocenters. The van der Waals surface area contributed by atoms with Crippen molar-refractivity contribution in [1.82, 2.24) is 0 Å². The van der Waals surface area contributed by atoms with Gasteiger partial charge in [-0.25, -0.2) is 0 Å². The van der Waals surface area contributed by atoms with Crippen molar-refractivity contribution in [3.05, 3.63) is 41.0 Å². The Hall–Kier alpha value is -1.24. The van der Waals surface area contributed by atoms with Gasteiger partial charge in [0.2, 0.25) is 0 Å². The van der Waals surface area contributed by atoms with Crippen molar-refractivity contribution in [2.24, 2.45) is 17.3 Å². The Morgan fingerprint density at radius 1 is 1.23 bits per heavy atom. The first kappa shape index (κ1) is 14.4. The van der Waals surface area contributed by atoms with E-state index in [2.05, 4.69) is 26.0 Å². The van der Waals surface area contributed by atoms with Crippen molar-refractivity contribution >= 4 is 0 Å². The first-order valence-corrected chi connectivity index (χ1v) is 9.15. The van der Waals surface area contributed by atoms with E-state index in [1.165, 1.54) is 44.1 Å². The van der Waals surface area contributed by atoms with Gasteiger partial charge in [0.05, 0.1) is 0 Å². The second-order valence-corrected chi connectivity index (χ2v) is 7.93. The average Bonchev–Trinajstić information content (AvgIpc) is 2.84. The molecule has 4 atom stereocenters. The quantitative estimate of drug-likeness (QED) is 0.670. The lowest BCUT2D eigenvalue weighted by molar-refractivity contribution is 0.0812. The molecule has 0 spiro atoms. The summed E-state index contributed by atoms with van der Waals surface area (Å²) in [6, 6.07) is 6.12. The molecule has 0 saturated heterocycles. The van der Waals surface area contributed by atoms with E-state index in [1.807, 2.05) is 12.1 Å². The number of hydrogen-bond donors (Lipinski definition) is 1. The average molecular weight is 296 g/mol. The van der Waals surface area contributed by atoms with Crippen LogP contribution in [0.3, 0.4) is 0 Å². The van der Waals surface area contributed by atoms with Gasteiger partial charge in [0.25, 0.3) is 0 Å². The van der Waals surface area contributed by atoms with Gasteiger partial charge in [0, 0.05) is 0 Å². The topological polar surface area (TPSA) is 20.2 Å². The minimum Gasteiger partial charge on any atom is -0.508 e. The highest BCUT2D eigenvalue weighted by Gasteiger charge is 2.52. The molecule has 2 fully saturated rings. The maximum Gasteiger partial charge on any atom is 0.115 e. The van der Waals surface area contributed by atoms with E-state index in [1.54, 1.807) is 11.1 Å². The second kappa shape index (κ2) is 5.15. The summed E-state index contributed by atoms with van der Waals surface area (Å²) < 4.78 is 0. The molecule has 1 heteroatoms. The molecule has 0 heterocycles. The molecular formula is C21H28O. The largest absolute Gasteiger partial charge is 0.508 e. The maximum absolute atomic E-state index is 9.76. The zero-order valence-electron chi connectivity index (χ0n) is 13.9. The lowest BCUT2D eigenvalue weighted by Crippen LogP contribution is -2.40. The molecule has 3 aliphatic carbocycles. The van der Waals surface area contributed by atoms with Gasteiger partial charge in [-0.1, -0.05) is 31.6 Å². The van der Waals surface area contributed by atoms with Crippen LogP contribution in [0.25, 0.3) is 0 Å². The number of phenols is 1. The first-order valence-electron chi connectivity index (χ1n) is 9.15. The number of allylic oxidation sites excluding steroid dienone is 2. The minimum atomic E-state index is 0.437. The predicted octanol–water partition coefficient (Wildman–Crippen LogP) is 5.58. The highest BCUT2D eigenvalue weighted by atomic mass is 16.3. The molecule has 0 amide bonds. The van der Waals surface area contributed by atoms with Gasteiger partial charge in [-0.15, -0.1) is 0 Å². The van der Waals surface area contributed by atoms with Crippen LogP contribution < -0.4 is 0 Å². The normalized spacial score (nSPS) is 38.5. The van der Waals surface area contributed by atoms with Crippen LogP contribution in [0.1, 0.15) is 69.4 Å². The predicted molar refractivity (Wildman–Crippen MR) is 91.1 cm³/mol. The summed E-state index contributed by atoms with van der Waals surface area (Å²) in [6.07, 6.45) is 11.6. The van der Waals surface area contributed by atoms with E-state index < -0.39 is 0 Å². The number of hydrogen-bond acceptors (Lipinski definition) is 1. The van der Waals surface area contributed by atoms with Crippen LogP contribution in [0, 0.1) is 17.3 Å². The molecule has 0 aromatic heterocycles. The zero-order valence-corrected chi connectivity index (χ0v) is 13.9. The number of rotatable bonds is 1. The van der Waals surface area contributed by atoms with E-state index in [4.69, 9.17) is 0 Å². The first-order chi connectivity index (χ1) is 10.6. The fourth-order valence-corrected chi connectivity index (χ4v) is 6.00. The lowest BCUT2D eigenvalue weighted by atomic mass is 9.55. The SMILES string of the molecule is CCC=C1CCC2C3CCc4cc(O)ccc4C3CC[C@]12C. The molecule has 1 nitrogen and oxygen atoms in total. The van der Waals surface area contributed by atoms with Gasteiger partial charge in [0.15, 0.2) is 0 Å². The molecular weight excluding hydrogens is 268 g/mol. The molecule has 1 aromatic carbocycles. The standard InChI is InChI=1S/C21H28O/c1-3-4-15-6-10-20-19-8-5-14-13-16(22)7-9-17(14)18(19)11-12-21(15,20)2/h4,7,9,13,18-20,22H,3,5-6,8,10-12H2,1-2H3/t18?,19?,20?,21-/m1/s1. The Morgan fingerprint density at radius 2 is 2.09 bits per heavy atom. The molecule has 0 bridgehead atoms. The summed E-state index contributed by atoms with van der Waals surface area (Å²) in [5.74, 6) is 2.92. The number of aryl methyl sites for hydroxylation is 1. The Kier molecular flexibility index (Phi) is 3.36. The van der Waals surface area contributed by atoms with Crippen LogP contribution in [0.5, 0.6) is 5.75 Å². The minimum absolute atomic E-state index is 0.437. The lowest BCUT2D eigenvalue weighted by Gasteiger charge is -2.49. The number of benzene rings is 1. The number of fused-ring (bicyclic) bond motifs is 5. The van der Waals surface area contributed by atoms with Crippen molar-refractivity contribution in [2.75, 3.05) is 0 Å². The number of phenolic OH excluding ortho intramolecular Hbond substituents is 1. The van der Waals surface area contributed by atoms with Crippen LogP contribution in [0.2, 0.25) is 0 Å². The summed E-state index contributed by atoms with van der Waals surface area (Å²) in [7, 11) is 0. The van der Waals surface area contributed by atoms with Gasteiger partial charge < -0.3 is 5.11 Å². The number of aromatic hydroxyl groups is 1. The Labute approximate surface area is 134 Å². The highest BCUT2D eigenvalue weighted by Crippen LogP contribution is 2.62. The van der Waals surface area contributed by atoms with Crippen LogP contribution in [-0.4, -0.2) is 5.11 Å². The van der Waals surface area contributed by atoms with E-state index >= 15 is 0 Å². The van der Waals surface area contributed by atoms with E-state index in [9.17, 15) is 5.11 Å². The molecule has 1 aromatic rings. The summed E-state index contributed by atoms with van der Waals surface area (Å²) >= 11 is 0. The van der Waals surface area contributed by atoms with Crippen LogP contribution in [-0.2, 0) is 6.42 Å². The summed E-state index contributed by atoms with van der Waals surface area (Å²) in [4.78, 5) is 0. The van der Waals surface area contributed by atoms with Crippen molar-refractivity contribution < 1.29 is 5.11 Å². The van der Waals surface area contributed by atoms with Crippen LogP contribution in [0.15, 0.2) is 29.8 Å². The molecule has 0 aliphatic heterocycles. The van der Waals surface area contributed by atoms with Crippen molar-refractivity contribution in [3.8, 4) is 5.75 Å². The molecule has 118 valence electrons. The van der Waals surface area contributed by atoms with Crippen LogP contribution in [0.4, 0.5) is 0 Å². The van der Waals surface area contributed by atoms with Crippen molar-refractivity contribution in [2.45, 2.75) is 64.7 Å². The third kappa shape index (κ3) is 1.97. The summed E-state index contributed by atoms with van der Waals surface area (Å²) in [6.45, 7) is 4.83. The fraction of sp³-hybridized carbons (Fsp3) is 0.619. The van der Waals surface area contributed by atoms with E-state index in [0.29, 0.717) is 11.2 Å². The van der Waals surface area contributed by atoms with Crippen molar-refractivity contribution in [1.29, 1.82) is 0 Å². The third-order valence-electron chi connectivity index (χ3n) is 7.01. The molecule has 22 heavy (non-hydrogen) atoms. The molecule has 4 rings (SSSR count). The molecule has 0 radical (unpaired) electrons. The van der Waals surface area contributed by atoms with Gasteiger partial charge in [-0.3, -0.25) is 0 Å². The highest BCUT2D eigenvalue weighted by molar-refractivity contribution is 5.40. The van der Waals surface area contributed by atoms with E-state index in [-0.39, 0.29) is 0 Å². The zero-order chi connectivity index (χ0) is 15.3. The smallest absolute Gasteiger partial charge is 0.115 e. The molecule has 1 N–H and O–H groups in total. The van der Waals surface area contributed by atoms with E-state index in [0.717, 1.165) is 24.2 Å². The monoisotopic (exact) mass is 296 g/mol. The molecule has 2 saturated carbocycles.